The highest BCUT2D eigenvalue weighted by molar-refractivity contribution is 5.78. The summed E-state index contributed by atoms with van der Waals surface area (Å²) in [4.78, 5) is 13.9. The minimum atomic E-state index is -0.772. The number of likely N-dealkylation sites (N-methyl/N-ethyl adjacent to an activating group) is 1. The van der Waals surface area contributed by atoms with Gasteiger partial charge in [0.15, 0.2) is 0 Å². The van der Waals surface area contributed by atoms with Crippen molar-refractivity contribution in [1.82, 2.24) is 10.2 Å². The predicted octanol–water partition coefficient (Wildman–Crippen LogP) is 1.70. The molecule has 0 saturated heterocycles. The summed E-state index contributed by atoms with van der Waals surface area (Å²) in [6, 6.07) is 0.741. The van der Waals surface area contributed by atoms with Crippen LogP contribution >= 0.6 is 0 Å². The normalized spacial score (nSPS) is 23.1. The molecule has 0 aliphatic heterocycles. The molecular weight excluding hydrogens is 228 g/mol. The van der Waals surface area contributed by atoms with Gasteiger partial charge in [0.1, 0.15) is 5.54 Å². The zero-order chi connectivity index (χ0) is 13.2. The molecule has 0 radical (unpaired) electrons. The molecule has 0 spiro atoms. The molecule has 2 rings (SSSR count). The second kappa shape index (κ2) is 5.57. The van der Waals surface area contributed by atoms with Crippen molar-refractivity contribution in [2.45, 2.75) is 57.5 Å². The summed E-state index contributed by atoms with van der Waals surface area (Å²) in [5.74, 6) is 0.160. The summed E-state index contributed by atoms with van der Waals surface area (Å²) in [7, 11) is 0. The Kier molecular flexibility index (Phi) is 4.28. The van der Waals surface area contributed by atoms with E-state index in [9.17, 15) is 9.90 Å². The summed E-state index contributed by atoms with van der Waals surface area (Å²) in [5.41, 5.74) is -0.772. The van der Waals surface area contributed by atoms with Crippen LogP contribution in [0, 0.1) is 5.92 Å². The Morgan fingerprint density at radius 1 is 1.39 bits per heavy atom. The van der Waals surface area contributed by atoms with Crippen molar-refractivity contribution in [3.63, 3.8) is 0 Å². The van der Waals surface area contributed by atoms with Gasteiger partial charge in [-0.25, -0.2) is 0 Å². The number of carboxylic acid groups (broad SMARTS) is 1. The molecule has 1 atom stereocenters. The van der Waals surface area contributed by atoms with Crippen LogP contribution < -0.4 is 5.32 Å². The van der Waals surface area contributed by atoms with Gasteiger partial charge < -0.3 is 15.3 Å². The smallest absolute Gasteiger partial charge is 0.323 e. The first kappa shape index (κ1) is 13.8. The molecule has 2 saturated carbocycles. The zero-order valence-corrected chi connectivity index (χ0v) is 11.6. The summed E-state index contributed by atoms with van der Waals surface area (Å²) in [6.07, 6.45) is 6.04. The minimum absolute atomic E-state index is 0.694. The van der Waals surface area contributed by atoms with Crippen molar-refractivity contribution in [3.05, 3.63) is 0 Å². The molecule has 2 N–H and O–H groups in total. The third-order valence-corrected chi connectivity index (χ3v) is 4.19. The van der Waals surface area contributed by atoms with Gasteiger partial charge in [0, 0.05) is 19.1 Å². The van der Waals surface area contributed by atoms with Gasteiger partial charge in [-0.2, -0.15) is 0 Å². The minimum Gasteiger partial charge on any atom is -0.480 e. The number of carboxylic acids is 1. The van der Waals surface area contributed by atoms with Crippen LogP contribution in [0.3, 0.4) is 0 Å². The maximum absolute atomic E-state index is 11.4. The van der Waals surface area contributed by atoms with Gasteiger partial charge in [-0.05, 0) is 51.5 Å². The Hall–Kier alpha value is -0.610. The molecule has 104 valence electrons. The number of hydrogen-bond donors (Lipinski definition) is 2. The molecule has 0 aromatic heterocycles. The third kappa shape index (κ3) is 3.69. The highest BCUT2D eigenvalue weighted by Crippen LogP contribution is 2.35. The Morgan fingerprint density at radius 2 is 2.06 bits per heavy atom. The van der Waals surface area contributed by atoms with Crippen molar-refractivity contribution >= 4 is 5.97 Å². The average Bonchev–Trinajstić information content (AvgIpc) is 3.14. The first-order valence-electron chi connectivity index (χ1n) is 7.27. The van der Waals surface area contributed by atoms with Crippen LogP contribution in [0.5, 0.6) is 0 Å². The standard InChI is InChI=1S/C14H26N2O2/c1-3-15-14(2,13(17)18)8-9-16(12-6-7-12)10-11-4-5-11/h11-12,15H,3-10H2,1-2H3,(H,17,18). The molecular formula is C14H26N2O2. The molecule has 18 heavy (non-hydrogen) atoms. The maximum atomic E-state index is 11.4. The lowest BCUT2D eigenvalue weighted by Crippen LogP contribution is -2.51. The number of carbonyl (C=O) groups is 1. The fraction of sp³-hybridized carbons (Fsp3) is 0.929. The highest BCUT2D eigenvalue weighted by atomic mass is 16.4. The van der Waals surface area contributed by atoms with Crippen molar-refractivity contribution in [3.8, 4) is 0 Å². The van der Waals surface area contributed by atoms with E-state index in [4.69, 9.17) is 0 Å². The van der Waals surface area contributed by atoms with E-state index in [0.29, 0.717) is 13.0 Å². The lowest BCUT2D eigenvalue weighted by molar-refractivity contribution is -0.144. The second-order valence-electron chi connectivity index (χ2n) is 6.09. The highest BCUT2D eigenvalue weighted by Gasteiger charge is 2.37. The lowest BCUT2D eigenvalue weighted by atomic mass is 9.97. The van der Waals surface area contributed by atoms with Gasteiger partial charge in [-0.15, -0.1) is 0 Å². The molecule has 1 unspecified atom stereocenters. The Bertz CT molecular complexity index is 300. The molecule has 0 bridgehead atoms. The van der Waals surface area contributed by atoms with Crippen LogP contribution in [0.4, 0.5) is 0 Å². The van der Waals surface area contributed by atoms with E-state index in [-0.39, 0.29) is 0 Å². The molecule has 2 aliphatic carbocycles. The van der Waals surface area contributed by atoms with Crippen LogP contribution in [0.1, 0.15) is 46.0 Å². The topological polar surface area (TPSA) is 52.6 Å². The van der Waals surface area contributed by atoms with Crippen LogP contribution in [-0.4, -0.2) is 47.2 Å². The second-order valence-corrected chi connectivity index (χ2v) is 6.09. The van der Waals surface area contributed by atoms with Gasteiger partial charge in [0.05, 0.1) is 0 Å². The molecule has 0 aromatic rings. The van der Waals surface area contributed by atoms with E-state index in [1.54, 1.807) is 6.92 Å². The number of aliphatic carboxylic acids is 1. The Balaban J connectivity index is 1.83. The van der Waals surface area contributed by atoms with Crippen LogP contribution in [0.15, 0.2) is 0 Å². The monoisotopic (exact) mass is 254 g/mol. The number of nitrogens with one attached hydrogen (secondary N) is 1. The number of nitrogens with zero attached hydrogens (tertiary/aromatic N) is 1. The van der Waals surface area contributed by atoms with Gasteiger partial charge in [-0.1, -0.05) is 6.92 Å². The first-order valence-corrected chi connectivity index (χ1v) is 7.27. The summed E-state index contributed by atoms with van der Waals surface area (Å²) in [5, 5.41) is 12.5. The van der Waals surface area contributed by atoms with E-state index in [0.717, 1.165) is 18.5 Å². The fourth-order valence-corrected chi connectivity index (χ4v) is 2.52. The number of rotatable bonds is 9. The largest absolute Gasteiger partial charge is 0.480 e. The van der Waals surface area contributed by atoms with Crippen molar-refractivity contribution in [2.75, 3.05) is 19.6 Å². The number of hydrogen-bond acceptors (Lipinski definition) is 3. The lowest BCUT2D eigenvalue weighted by Gasteiger charge is -2.30. The van der Waals surface area contributed by atoms with Crippen molar-refractivity contribution < 1.29 is 9.90 Å². The van der Waals surface area contributed by atoms with Gasteiger partial charge in [0.25, 0.3) is 0 Å². The summed E-state index contributed by atoms with van der Waals surface area (Å²) < 4.78 is 0. The van der Waals surface area contributed by atoms with Crippen molar-refractivity contribution in [1.29, 1.82) is 0 Å². The summed E-state index contributed by atoms with van der Waals surface area (Å²) >= 11 is 0. The maximum Gasteiger partial charge on any atom is 0.323 e. The van der Waals surface area contributed by atoms with Crippen LogP contribution in [-0.2, 0) is 4.79 Å². The molecule has 0 aromatic carbocycles. The van der Waals surface area contributed by atoms with Gasteiger partial charge >= 0.3 is 5.97 Å². The Labute approximate surface area is 110 Å². The van der Waals surface area contributed by atoms with Crippen LogP contribution in [0.2, 0.25) is 0 Å². The first-order chi connectivity index (χ1) is 8.55. The quantitative estimate of drug-likeness (QED) is 0.657. The zero-order valence-electron chi connectivity index (χ0n) is 11.6. The van der Waals surface area contributed by atoms with Crippen molar-refractivity contribution in [2.24, 2.45) is 5.92 Å². The van der Waals surface area contributed by atoms with E-state index in [1.165, 1.54) is 32.2 Å². The van der Waals surface area contributed by atoms with E-state index in [2.05, 4.69) is 10.2 Å². The van der Waals surface area contributed by atoms with E-state index < -0.39 is 11.5 Å². The average molecular weight is 254 g/mol. The molecule has 2 aliphatic rings. The van der Waals surface area contributed by atoms with E-state index >= 15 is 0 Å². The van der Waals surface area contributed by atoms with Crippen LogP contribution in [0.25, 0.3) is 0 Å². The van der Waals surface area contributed by atoms with Gasteiger partial charge in [-0.3, -0.25) is 4.79 Å². The molecule has 4 heteroatoms. The summed E-state index contributed by atoms with van der Waals surface area (Å²) in [6.45, 7) is 6.57. The molecule has 0 heterocycles. The van der Waals surface area contributed by atoms with Gasteiger partial charge in [0.2, 0.25) is 0 Å². The molecule has 4 nitrogen and oxygen atoms in total. The SMILES string of the molecule is CCNC(C)(CCN(CC1CC1)C1CC1)C(=O)O. The van der Waals surface area contributed by atoms with E-state index in [1.807, 2.05) is 6.92 Å². The Morgan fingerprint density at radius 3 is 2.50 bits per heavy atom. The molecule has 2 fully saturated rings. The third-order valence-electron chi connectivity index (χ3n) is 4.19. The predicted molar refractivity (Wildman–Crippen MR) is 71.7 cm³/mol. The fourth-order valence-electron chi connectivity index (χ4n) is 2.52. The molecule has 0 amide bonds.